The predicted octanol–water partition coefficient (Wildman–Crippen LogP) is 4.87. The summed E-state index contributed by atoms with van der Waals surface area (Å²) in [5, 5.41) is 3.01. The lowest BCUT2D eigenvalue weighted by molar-refractivity contribution is -0.127. The van der Waals surface area contributed by atoms with Gasteiger partial charge in [-0.05, 0) is 80.7 Å². The van der Waals surface area contributed by atoms with Gasteiger partial charge < -0.3 is 14.8 Å². The Hall–Kier alpha value is -2.49. The first kappa shape index (κ1) is 21.2. The molecule has 0 heterocycles. The second-order valence-electron chi connectivity index (χ2n) is 7.71. The molecule has 0 aliphatic heterocycles. The molecule has 0 saturated heterocycles. The van der Waals surface area contributed by atoms with Gasteiger partial charge in [0.2, 0.25) is 0 Å². The number of amides is 1. The number of para-hydroxylation sites is 1. The number of hydrogen-bond donors (Lipinski definition) is 1. The highest BCUT2D eigenvalue weighted by Gasteiger charge is 2.19. The van der Waals surface area contributed by atoms with Crippen LogP contribution in [-0.2, 0) is 24.1 Å². The van der Waals surface area contributed by atoms with Crippen LogP contribution in [0.3, 0.4) is 0 Å². The molecule has 3 rings (SSSR count). The van der Waals surface area contributed by atoms with Crippen LogP contribution in [0.2, 0.25) is 0 Å². The van der Waals surface area contributed by atoms with Gasteiger partial charge in [-0.2, -0.15) is 0 Å². The number of fused-ring (bicyclic) bond motifs is 1. The fourth-order valence-electron chi connectivity index (χ4n) is 3.80. The van der Waals surface area contributed by atoms with Gasteiger partial charge in [-0.3, -0.25) is 4.79 Å². The summed E-state index contributed by atoms with van der Waals surface area (Å²) in [5.74, 6) is 1.76. The molecule has 1 amide bonds. The quantitative estimate of drug-likeness (QED) is 0.584. The van der Waals surface area contributed by atoms with E-state index in [4.69, 9.17) is 9.47 Å². The van der Waals surface area contributed by atoms with Crippen molar-refractivity contribution in [1.29, 1.82) is 0 Å². The lowest BCUT2D eigenvalue weighted by Crippen LogP contribution is -2.37. The summed E-state index contributed by atoms with van der Waals surface area (Å²) in [6, 6.07) is 14.3. The van der Waals surface area contributed by atoms with Crippen molar-refractivity contribution in [2.45, 2.75) is 64.9 Å². The number of rotatable bonds is 10. The van der Waals surface area contributed by atoms with E-state index in [1.807, 2.05) is 37.3 Å². The van der Waals surface area contributed by atoms with Crippen molar-refractivity contribution in [2.24, 2.45) is 0 Å². The van der Waals surface area contributed by atoms with E-state index in [2.05, 4.69) is 24.4 Å². The van der Waals surface area contributed by atoms with Crippen LogP contribution >= 0.6 is 0 Å². The zero-order valence-corrected chi connectivity index (χ0v) is 17.7. The first-order valence-electron chi connectivity index (χ1n) is 10.9. The standard InChI is InChI=1S/C25H33NO3/c1-3-18-28-23-15-7-5-11-21(23)13-9-17-26-25(27)19(2)29-24-16-8-12-20-10-4-6-14-22(20)24/h5,7-8,11-12,15-16,19H,3-4,6,9-10,13-14,17-18H2,1-2H3,(H,26,27)/t19-/m1/s1. The van der Waals surface area contributed by atoms with Crippen LogP contribution < -0.4 is 14.8 Å². The van der Waals surface area contributed by atoms with Gasteiger partial charge in [0.25, 0.3) is 5.91 Å². The van der Waals surface area contributed by atoms with E-state index in [1.165, 1.54) is 29.5 Å². The third-order valence-corrected chi connectivity index (χ3v) is 5.38. The predicted molar refractivity (Wildman–Crippen MR) is 117 cm³/mol. The minimum absolute atomic E-state index is 0.0612. The number of aryl methyl sites for hydroxylation is 2. The van der Waals surface area contributed by atoms with E-state index in [0.29, 0.717) is 6.54 Å². The molecule has 1 N–H and O–H groups in total. The second-order valence-corrected chi connectivity index (χ2v) is 7.71. The summed E-state index contributed by atoms with van der Waals surface area (Å²) in [6.45, 7) is 5.28. The first-order chi connectivity index (χ1) is 14.2. The number of hydrogen-bond acceptors (Lipinski definition) is 3. The molecule has 156 valence electrons. The molecule has 0 unspecified atom stereocenters. The van der Waals surface area contributed by atoms with Crippen molar-refractivity contribution in [3.05, 3.63) is 59.2 Å². The van der Waals surface area contributed by atoms with Crippen LogP contribution in [-0.4, -0.2) is 25.2 Å². The first-order valence-corrected chi connectivity index (χ1v) is 10.9. The van der Waals surface area contributed by atoms with E-state index < -0.39 is 6.10 Å². The van der Waals surface area contributed by atoms with Crippen molar-refractivity contribution in [2.75, 3.05) is 13.2 Å². The maximum atomic E-state index is 12.5. The SMILES string of the molecule is CCCOc1ccccc1CCCNC(=O)[C@@H](C)Oc1cccc2c1CCCC2. The van der Waals surface area contributed by atoms with E-state index in [9.17, 15) is 4.79 Å². The molecule has 1 atom stereocenters. The molecule has 0 spiro atoms. The van der Waals surface area contributed by atoms with Crippen LogP contribution in [0.15, 0.2) is 42.5 Å². The Kier molecular flexibility index (Phi) is 7.97. The maximum absolute atomic E-state index is 12.5. The Balaban J connectivity index is 1.45. The van der Waals surface area contributed by atoms with Crippen molar-refractivity contribution in [3.8, 4) is 11.5 Å². The zero-order valence-electron chi connectivity index (χ0n) is 17.7. The van der Waals surface area contributed by atoms with Crippen LogP contribution in [0, 0.1) is 0 Å². The minimum atomic E-state index is -0.497. The van der Waals surface area contributed by atoms with Crippen molar-refractivity contribution in [3.63, 3.8) is 0 Å². The summed E-state index contributed by atoms with van der Waals surface area (Å²) < 4.78 is 11.8. The molecule has 0 fully saturated rings. The molecule has 29 heavy (non-hydrogen) atoms. The minimum Gasteiger partial charge on any atom is -0.493 e. The lowest BCUT2D eigenvalue weighted by Gasteiger charge is -2.22. The van der Waals surface area contributed by atoms with Crippen LogP contribution in [0.4, 0.5) is 0 Å². The molecule has 0 bridgehead atoms. The zero-order chi connectivity index (χ0) is 20.5. The highest BCUT2D eigenvalue weighted by molar-refractivity contribution is 5.80. The maximum Gasteiger partial charge on any atom is 0.260 e. The average Bonchev–Trinajstić information content (AvgIpc) is 2.76. The Morgan fingerprint density at radius 1 is 1.07 bits per heavy atom. The molecular formula is C25H33NO3. The highest BCUT2D eigenvalue weighted by Crippen LogP contribution is 2.30. The number of carbonyl (C=O) groups excluding carboxylic acids is 1. The van der Waals surface area contributed by atoms with E-state index >= 15 is 0 Å². The van der Waals surface area contributed by atoms with Gasteiger partial charge in [0.1, 0.15) is 11.5 Å². The van der Waals surface area contributed by atoms with Gasteiger partial charge in [-0.25, -0.2) is 0 Å². The van der Waals surface area contributed by atoms with E-state index in [1.54, 1.807) is 0 Å². The molecule has 1 aliphatic rings. The largest absolute Gasteiger partial charge is 0.493 e. The summed E-state index contributed by atoms with van der Waals surface area (Å²) in [4.78, 5) is 12.5. The van der Waals surface area contributed by atoms with Crippen molar-refractivity contribution in [1.82, 2.24) is 5.32 Å². The topological polar surface area (TPSA) is 47.6 Å². The van der Waals surface area contributed by atoms with Gasteiger partial charge in [0.05, 0.1) is 6.61 Å². The Morgan fingerprint density at radius 2 is 1.86 bits per heavy atom. The molecular weight excluding hydrogens is 362 g/mol. The van der Waals surface area contributed by atoms with Gasteiger partial charge >= 0.3 is 0 Å². The van der Waals surface area contributed by atoms with Gasteiger partial charge in [-0.15, -0.1) is 0 Å². The molecule has 0 radical (unpaired) electrons. The molecule has 4 nitrogen and oxygen atoms in total. The van der Waals surface area contributed by atoms with Gasteiger partial charge in [-0.1, -0.05) is 37.3 Å². The Morgan fingerprint density at radius 3 is 2.72 bits per heavy atom. The van der Waals surface area contributed by atoms with Gasteiger partial charge in [0.15, 0.2) is 6.10 Å². The van der Waals surface area contributed by atoms with E-state index in [-0.39, 0.29) is 5.91 Å². The Labute approximate surface area is 174 Å². The van der Waals surface area contributed by atoms with Gasteiger partial charge in [0, 0.05) is 6.54 Å². The molecule has 4 heteroatoms. The average molecular weight is 396 g/mol. The fourth-order valence-corrected chi connectivity index (χ4v) is 3.80. The molecule has 1 aliphatic carbocycles. The highest BCUT2D eigenvalue weighted by atomic mass is 16.5. The third kappa shape index (κ3) is 5.99. The summed E-state index contributed by atoms with van der Waals surface area (Å²) >= 11 is 0. The van der Waals surface area contributed by atoms with E-state index in [0.717, 1.165) is 50.2 Å². The summed E-state index contributed by atoms with van der Waals surface area (Å²) in [6.07, 6.45) is 6.82. The molecule has 2 aromatic carbocycles. The fraction of sp³-hybridized carbons (Fsp3) is 0.480. The third-order valence-electron chi connectivity index (χ3n) is 5.38. The van der Waals surface area contributed by atoms with Crippen LogP contribution in [0.5, 0.6) is 11.5 Å². The smallest absolute Gasteiger partial charge is 0.260 e. The molecule has 2 aromatic rings. The Bertz CT molecular complexity index is 802. The normalized spacial score (nSPS) is 14.0. The summed E-state index contributed by atoms with van der Waals surface area (Å²) in [5.41, 5.74) is 3.84. The molecule has 0 aromatic heterocycles. The second kappa shape index (κ2) is 10.9. The van der Waals surface area contributed by atoms with Crippen LogP contribution in [0.1, 0.15) is 56.2 Å². The number of nitrogens with one attached hydrogen (secondary N) is 1. The van der Waals surface area contributed by atoms with Crippen LogP contribution in [0.25, 0.3) is 0 Å². The lowest BCUT2D eigenvalue weighted by atomic mass is 9.91. The molecule has 0 saturated carbocycles. The summed E-state index contributed by atoms with van der Waals surface area (Å²) in [7, 11) is 0. The number of benzene rings is 2. The van der Waals surface area contributed by atoms with Crippen molar-refractivity contribution >= 4 is 5.91 Å². The number of carbonyl (C=O) groups is 1. The van der Waals surface area contributed by atoms with Crippen molar-refractivity contribution < 1.29 is 14.3 Å². The monoisotopic (exact) mass is 395 g/mol. The number of ether oxygens (including phenoxy) is 2.